The summed E-state index contributed by atoms with van der Waals surface area (Å²) in [5.41, 5.74) is 1.97. The maximum Gasteiger partial charge on any atom is 0.255 e. The highest BCUT2D eigenvalue weighted by Gasteiger charge is 2.26. The van der Waals surface area contributed by atoms with Crippen molar-refractivity contribution in [1.82, 2.24) is 14.7 Å². The van der Waals surface area contributed by atoms with E-state index < -0.39 is 15.1 Å². The molecule has 0 fully saturated rings. The molecule has 146 valence electrons. The van der Waals surface area contributed by atoms with E-state index in [0.717, 1.165) is 11.3 Å². The van der Waals surface area contributed by atoms with E-state index in [1.54, 1.807) is 50.0 Å². The number of rotatable bonds is 6. The number of nitrogens with zero attached hydrogens (tertiary/aromatic N) is 3. The number of sulfone groups is 1. The van der Waals surface area contributed by atoms with Gasteiger partial charge in [-0.3, -0.25) is 4.79 Å². The topological polar surface area (TPSA) is 72.3 Å². The Hall–Kier alpha value is -2.93. The van der Waals surface area contributed by atoms with E-state index in [1.807, 2.05) is 36.5 Å². The van der Waals surface area contributed by atoms with Crippen LogP contribution >= 0.6 is 0 Å². The third-order valence-electron chi connectivity index (χ3n) is 4.47. The van der Waals surface area contributed by atoms with Crippen molar-refractivity contribution < 1.29 is 13.2 Å². The molecule has 28 heavy (non-hydrogen) atoms. The quantitative estimate of drug-likeness (QED) is 0.640. The van der Waals surface area contributed by atoms with Crippen LogP contribution in [0.5, 0.6) is 0 Å². The van der Waals surface area contributed by atoms with Gasteiger partial charge in [-0.2, -0.15) is 5.10 Å². The van der Waals surface area contributed by atoms with Crippen molar-refractivity contribution in [2.45, 2.75) is 30.5 Å². The molecule has 1 aromatic heterocycles. The van der Waals surface area contributed by atoms with Gasteiger partial charge in [0.05, 0.1) is 27.6 Å². The first-order valence-corrected chi connectivity index (χ1v) is 10.5. The molecule has 0 aliphatic heterocycles. The van der Waals surface area contributed by atoms with Gasteiger partial charge < -0.3 is 4.90 Å². The molecule has 0 aliphatic rings. The van der Waals surface area contributed by atoms with E-state index >= 15 is 0 Å². The minimum Gasteiger partial charge on any atom is -0.337 e. The van der Waals surface area contributed by atoms with Gasteiger partial charge in [0, 0.05) is 25.4 Å². The van der Waals surface area contributed by atoms with Crippen LogP contribution in [0, 0.1) is 0 Å². The number of amides is 1. The molecule has 0 bridgehead atoms. The molecule has 0 aliphatic carbocycles. The number of carbonyl (C=O) groups excluding carboxylic acids is 1. The lowest BCUT2D eigenvalue weighted by Crippen LogP contribution is -2.28. The van der Waals surface area contributed by atoms with E-state index in [4.69, 9.17) is 0 Å². The van der Waals surface area contributed by atoms with Crippen LogP contribution in [0.1, 0.15) is 29.8 Å². The second-order valence-corrected chi connectivity index (χ2v) is 9.35. The summed E-state index contributed by atoms with van der Waals surface area (Å²) < 4.78 is 27.0. The monoisotopic (exact) mass is 397 g/mol. The van der Waals surface area contributed by atoms with Gasteiger partial charge in [0.15, 0.2) is 9.84 Å². The standard InChI is InChI=1S/C21H23N3O3S/c1-16(2)28(26,27)20-12-8-7-11-19(20)21(25)23(3)14-17-13-22-24(15-17)18-9-5-4-6-10-18/h4-13,15-16H,14H2,1-3H3. The summed E-state index contributed by atoms with van der Waals surface area (Å²) in [4.78, 5) is 14.5. The van der Waals surface area contributed by atoms with E-state index in [1.165, 1.54) is 11.0 Å². The Balaban J connectivity index is 1.82. The molecule has 0 spiro atoms. The van der Waals surface area contributed by atoms with Gasteiger partial charge in [0.2, 0.25) is 0 Å². The largest absolute Gasteiger partial charge is 0.337 e. The predicted octanol–water partition coefficient (Wildman–Crippen LogP) is 3.33. The molecule has 0 unspecified atom stereocenters. The summed E-state index contributed by atoms with van der Waals surface area (Å²) in [6.07, 6.45) is 3.56. The smallest absolute Gasteiger partial charge is 0.255 e. The Bertz CT molecular complexity index is 1070. The van der Waals surface area contributed by atoms with Crippen LogP contribution in [0.3, 0.4) is 0 Å². The molecular weight excluding hydrogens is 374 g/mol. The maximum absolute atomic E-state index is 13.0. The van der Waals surface area contributed by atoms with Crippen LogP contribution < -0.4 is 0 Å². The van der Waals surface area contributed by atoms with E-state index in [-0.39, 0.29) is 16.4 Å². The minimum absolute atomic E-state index is 0.0711. The summed E-state index contributed by atoms with van der Waals surface area (Å²) in [7, 11) is -1.90. The molecule has 6 nitrogen and oxygen atoms in total. The van der Waals surface area contributed by atoms with Crippen molar-refractivity contribution >= 4 is 15.7 Å². The fourth-order valence-corrected chi connectivity index (χ4v) is 4.10. The fourth-order valence-electron chi connectivity index (χ4n) is 2.86. The Morgan fingerprint density at radius 3 is 2.39 bits per heavy atom. The zero-order valence-electron chi connectivity index (χ0n) is 16.1. The van der Waals surface area contributed by atoms with Gasteiger partial charge in [0.25, 0.3) is 5.91 Å². The normalized spacial score (nSPS) is 11.6. The lowest BCUT2D eigenvalue weighted by atomic mass is 10.2. The summed E-state index contributed by atoms with van der Waals surface area (Å²) in [6, 6.07) is 16.0. The van der Waals surface area contributed by atoms with Crippen molar-refractivity contribution in [2.24, 2.45) is 0 Å². The summed E-state index contributed by atoms with van der Waals surface area (Å²) >= 11 is 0. The van der Waals surface area contributed by atoms with E-state index in [9.17, 15) is 13.2 Å². The second kappa shape index (κ2) is 7.98. The number of aromatic nitrogens is 2. The van der Waals surface area contributed by atoms with Crippen molar-refractivity contribution in [3.63, 3.8) is 0 Å². The van der Waals surface area contributed by atoms with Gasteiger partial charge in [-0.05, 0) is 38.1 Å². The van der Waals surface area contributed by atoms with Crippen molar-refractivity contribution in [3.05, 3.63) is 78.1 Å². The minimum atomic E-state index is -3.55. The number of carbonyl (C=O) groups is 1. The number of hydrogen-bond acceptors (Lipinski definition) is 4. The Morgan fingerprint density at radius 2 is 1.71 bits per heavy atom. The van der Waals surface area contributed by atoms with Crippen LogP contribution in [0.2, 0.25) is 0 Å². The van der Waals surface area contributed by atoms with Crippen LogP contribution in [0.15, 0.2) is 71.9 Å². The predicted molar refractivity (Wildman–Crippen MR) is 108 cm³/mol. The van der Waals surface area contributed by atoms with Crippen molar-refractivity contribution in [3.8, 4) is 5.69 Å². The highest BCUT2D eigenvalue weighted by Crippen LogP contribution is 2.22. The molecule has 7 heteroatoms. The lowest BCUT2D eigenvalue weighted by Gasteiger charge is -2.19. The zero-order valence-corrected chi connectivity index (χ0v) is 16.9. The molecule has 0 saturated heterocycles. The Kier molecular flexibility index (Phi) is 5.65. The number of para-hydroxylation sites is 1. The molecule has 0 atom stereocenters. The highest BCUT2D eigenvalue weighted by molar-refractivity contribution is 7.92. The third-order valence-corrected chi connectivity index (χ3v) is 6.68. The first kappa shape index (κ1) is 19.8. The Labute approximate surface area is 165 Å². The van der Waals surface area contributed by atoms with Crippen LogP contribution in [0.4, 0.5) is 0 Å². The van der Waals surface area contributed by atoms with Gasteiger partial charge in [-0.1, -0.05) is 30.3 Å². The summed E-state index contributed by atoms with van der Waals surface area (Å²) in [5.74, 6) is -0.340. The summed E-state index contributed by atoms with van der Waals surface area (Å²) in [6.45, 7) is 3.54. The van der Waals surface area contributed by atoms with Crippen LogP contribution in [-0.2, 0) is 16.4 Å². The van der Waals surface area contributed by atoms with Gasteiger partial charge in [-0.25, -0.2) is 13.1 Å². The molecule has 1 heterocycles. The summed E-state index contributed by atoms with van der Waals surface area (Å²) in [5, 5.41) is 3.73. The third kappa shape index (κ3) is 3.99. The first-order chi connectivity index (χ1) is 13.3. The average Bonchev–Trinajstić information content (AvgIpc) is 3.16. The van der Waals surface area contributed by atoms with Crippen LogP contribution in [0.25, 0.3) is 5.69 Å². The molecule has 1 amide bonds. The second-order valence-electron chi connectivity index (χ2n) is 6.88. The molecule has 3 aromatic rings. The fraction of sp³-hybridized carbons (Fsp3) is 0.238. The van der Waals surface area contributed by atoms with Gasteiger partial charge in [-0.15, -0.1) is 0 Å². The molecule has 2 aromatic carbocycles. The molecule has 3 rings (SSSR count). The SMILES string of the molecule is CC(C)S(=O)(=O)c1ccccc1C(=O)N(C)Cc1cnn(-c2ccccc2)c1. The van der Waals surface area contributed by atoms with Gasteiger partial charge >= 0.3 is 0 Å². The van der Waals surface area contributed by atoms with Crippen LogP contribution in [-0.4, -0.2) is 41.3 Å². The number of hydrogen-bond donors (Lipinski definition) is 0. The van der Waals surface area contributed by atoms with E-state index in [0.29, 0.717) is 6.54 Å². The molecule has 0 saturated carbocycles. The first-order valence-electron chi connectivity index (χ1n) is 8.98. The van der Waals surface area contributed by atoms with Crippen molar-refractivity contribution in [2.75, 3.05) is 7.05 Å². The molecular formula is C21H23N3O3S. The highest BCUT2D eigenvalue weighted by atomic mass is 32.2. The van der Waals surface area contributed by atoms with Gasteiger partial charge in [0.1, 0.15) is 0 Å². The van der Waals surface area contributed by atoms with E-state index in [2.05, 4.69) is 5.10 Å². The maximum atomic E-state index is 13.0. The zero-order chi connectivity index (χ0) is 20.3. The lowest BCUT2D eigenvalue weighted by molar-refractivity contribution is 0.0781. The Morgan fingerprint density at radius 1 is 1.07 bits per heavy atom. The number of benzene rings is 2. The molecule has 0 radical (unpaired) electrons. The average molecular weight is 398 g/mol. The molecule has 0 N–H and O–H groups in total. The van der Waals surface area contributed by atoms with Crippen molar-refractivity contribution in [1.29, 1.82) is 0 Å².